The Morgan fingerprint density at radius 1 is 1.26 bits per heavy atom. The van der Waals surface area contributed by atoms with Crippen LogP contribution in [0, 0.1) is 0 Å². The van der Waals surface area contributed by atoms with Gasteiger partial charge in [-0.25, -0.2) is 25.1 Å². The lowest BCUT2D eigenvalue weighted by Crippen LogP contribution is -2.71. The second kappa shape index (κ2) is 13.2. The van der Waals surface area contributed by atoms with Gasteiger partial charge in [-0.1, -0.05) is 5.16 Å². The Bertz CT molecular complexity index is 1790. The topological polar surface area (TPSA) is 273 Å². The summed E-state index contributed by atoms with van der Waals surface area (Å²) in [6.45, 7) is 2.08. The zero-order valence-corrected chi connectivity index (χ0v) is 26.6. The normalized spacial score (nSPS) is 18.3. The molecular formula is C25H28N10O8S3. The standard InChI is InChI=1S/C25H28N10O8S3/c1-25(2,23(42)32-27)43-33-15(13-9-46-24(26)30-13)19(38)31-16-20(39)34-17(22(40)41)11(8-45-21(16)34)7-44-14-3-12(6-37)29-18-10(5-36)4-28-35(14)18/h3-4,9,16,21,36-37H,5-8,27H2,1-2H3,(H2,26,30)(H,31,38)(H,32,42)(H,40,41)/t16?,21-/m0/s1. The number of hydrogen-bond donors (Lipinski definition) is 7. The molecule has 244 valence electrons. The van der Waals surface area contributed by atoms with Crippen molar-refractivity contribution in [1.29, 1.82) is 0 Å². The number of carbonyl (C=O) groups excluding carboxylic acids is 3. The minimum absolute atomic E-state index is 0.0344. The maximum Gasteiger partial charge on any atom is 0.352 e. The van der Waals surface area contributed by atoms with E-state index in [0.717, 1.165) is 16.2 Å². The van der Waals surface area contributed by atoms with Crippen LogP contribution in [-0.2, 0) is 37.2 Å². The van der Waals surface area contributed by atoms with Gasteiger partial charge in [0.25, 0.3) is 17.7 Å². The molecule has 1 fully saturated rings. The molecule has 0 saturated carbocycles. The fourth-order valence-electron chi connectivity index (χ4n) is 4.46. The van der Waals surface area contributed by atoms with Crippen molar-refractivity contribution in [2.75, 3.05) is 17.2 Å². The number of aromatic nitrogens is 4. The fourth-order valence-corrected chi connectivity index (χ4v) is 7.52. The third-order valence-electron chi connectivity index (χ3n) is 6.85. The molecule has 46 heavy (non-hydrogen) atoms. The number of oxime groups is 1. The predicted octanol–water partition coefficient (Wildman–Crippen LogP) is -1.23. The first-order chi connectivity index (χ1) is 21.9. The number of aliphatic carboxylic acids is 1. The number of aliphatic hydroxyl groups is 2. The first-order valence-corrected chi connectivity index (χ1v) is 16.2. The molecule has 2 atom stereocenters. The van der Waals surface area contributed by atoms with Gasteiger partial charge in [0, 0.05) is 22.4 Å². The summed E-state index contributed by atoms with van der Waals surface area (Å²) in [5.41, 5.74) is 7.18. The Morgan fingerprint density at radius 3 is 2.65 bits per heavy atom. The van der Waals surface area contributed by atoms with E-state index >= 15 is 0 Å². The average Bonchev–Trinajstić information content (AvgIpc) is 3.66. The number of rotatable bonds is 12. The molecule has 9 N–H and O–H groups in total. The van der Waals surface area contributed by atoms with E-state index < -0.39 is 40.7 Å². The second-order valence-electron chi connectivity index (χ2n) is 10.3. The molecule has 0 radical (unpaired) electrons. The van der Waals surface area contributed by atoms with Gasteiger partial charge in [0.15, 0.2) is 16.5 Å². The lowest BCUT2D eigenvalue weighted by atomic mass is 10.0. The summed E-state index contributed by atoms with van der Waals surface area (Å²) >= 11 is 3.52. The van der Waals surface area contributed by atoms with Crippen molar-refractivity contribution in [3.05, 3.63) is 45.9 Å². The Kier molecular flexibility index (Phi) is 9.51. The first kappa shape index (κ1) is 33.1. The Balaban J connectivity index is 1.35. The summed E-state index contributed by atoms with van der Waals surface area (Å²) in [6, 6.07) is 0.504. The van der Waals surface area contributed by atoms with Gasteiger partial charge in [0.1, 0.15) is 27.8 Å². The highest BCUT2D eigenvalue weighted by atomic mass is 32.2. The number of nitrogens with two attached hydrogens (primary N) is 2. The van der Waals surface area contributed by atoms with Crippen LogP contribution in [0.2, 0.25) is 0 Å². The van der Waals surface area contributed by atoms with Crippen LogP contribution in [0.15, 0.2) is 39.1 Å². The number of fused-ring (bicyclic) bond motifs is 2. The largest absolute Gasteiger partial charge is 0.477 e. The van der Waals surface area contributed by atoms with Crippen molar-refractivity contribution in [2.45, 2.75) is 49.1 Å². The van der Waals surface area contributed by atoms with E-state index in [0.29, 0.717) is 27.5 Å². The molecule has 0 bridgehead atoms. The number of anilines is 1. The molecule has 3 aromatic heterocycles. The zero-order chi connectivity index (χ0) is 33.3. The van der Waals surface area contributed by atoms with Crippen LogP contribution in [0.25, 0.3) is 5.65 Å². The number of aliphatic hydroxyl groups excluding tert-OH is 2. The van der Waals surface area contributed by atoms with Crippen LogP contribution in [0.3, 0.4) is 0 Å². The van der Waals surface area contributed by atoms with Gasteiger partial charge in [-0.05, 0) is 25.5 Å². The van der Waals surface area contributed by atoms with Crippen molar-refractivity contribution in [1.82, 2.24) is 35.2 Å². The number of nitrogens with one attached hydrogen (secondary N) is 2. The highest BCUT2D eigenvalue weighted by Crippen LogP contribution is 2.41. The van der Waals surface area contributed by atoms with E-state index in [2.05, 4.69) is 25.5 Å². The molecule has 18 nitrogen and oxygen atoms in total. The Hall–Kier alpha value is -4.28. The van der Waals surface area contributed by atoms with Crippen molar-refractivity contribution in [2.24, 2.45) is 11.0 Å². The minimum atomic E-state index is -1.57. The summed E-state index contributed by atoms with van der Waals surface area (Å²) in [4.78, 5) is 65.9. The van der Waals surface area contributed by atoms with Crippen LogP contribution >= 0.6 is 34.9 Å². The third-order valence-corrected chi connectivity index (χ3v) is 9.94. The Morgan fingerprint density at radius 2 is 2.02 bits per heavy atom. The second-order valence-corrected chi connectivity index (χ2v) is 13.3. The van der Waals surface area contributed by atoms with Gasteiger partial charge in [0.2, 0.25) is 5.60 Å². The Labute approximate surface area is 272 Å². The van der Waals surface area contributed by atoms with Crippen LogP contribution in [0.1, 0.15) is 30.8 Å². The molecule has 5 heterocycles. The van der Waals surface area contributed by atoms with Crippen LogP contribution in [0.5, 0.6) is 0 Å². The van der Waals surface area contributed by atoms with E-state index in [1.807, 2.05) is 5.43 Å². The van der Waals surface area contributed by atoms with Crippen molar-refractivity contribution < 1.29 is 39.3 Å². The van der Waals surface area contributed by atoms with E-state index in [-0.39, 0.29) is 47.0 Å². The number of amides is 3. The molecule has 2 aliphatic rings. The quantitative estimate of drug-likeness (QED) is 0.0223. The molecule has 2 aliphatic heterocycles. The van der Waals surface area contributed by atoms with E-state index in [4.69, 9.17) is 16.4 Å². The van der Waals surface area contributed by atoms with Crippen molar-refractivity contribution in [3.63, 3.8) is 0 Å². The van der Waals surface area contributed by atoms with Crippen LogP contribution in [0.4, 0.5) is 5.13 Å². The summed E-state index contributed by atoms with van der Waals surface area (Å²) in [6.07, 6.45) is 1.45. The highest BCUT2D eigenvalue weighted by Gasteiger charge is 2.54. The predicted molar refractivity (Wildman–Crippen MR) is 166 cm³/mol. The first-order valence-electron chi connectivity index (χ1n) is 13.3. The number of carboxylic acid groups (broad SMARTS) is 1. The van der Waals surface area contributed by atoms with E-state index in [1.165, 1.54) is 53.5 Å². The molecule has 3 amide bonds. The molecule has 5 rings (SSSR count). The van der Waals surface area contributed by atoms with Crippen LogP contribution in [-0.4, -0.2) is 97.7 Å². The van der Waals surface area contributed by atoms with E-state index in [1.54, 1.807) is 6.07 Å². The van der Waals surface area contributed by atoms with Gasteiger partial charge in [-0.15, -0.1) is 34.9 Å². The van der Waals surface area contributed by atoms with Gasteiger partial charge in [-0.2, -0.15) is 5.10 Å². The minimum Gasteiger partial charge on any atom is -0.477 e. The number of carboxylic acids is 1. The SMILES string of the molecule is CC(C)(ON=C(C(=O)NC1C(=O)N2C(C(=O)O)=C(CSc3cc(CO)nc4c(CO)cnn34)CS[C@@H]12)c1csc(N)n1)C(=O)NN. The molecule has 3 aromatic rings. The summed E-state index contributed by atoms with van der Waals surface area (Å²) < 4.78 is 1.48. The zero-order valence-electron chi connectivity index (χ0n) is 24.2. The van der Waals surface area contributed by atoms with Crippen molar-refractivity contribution >= 4 is 75.0 Å². The fraction of sp³-hybridized carbons (Fsp3) is 0.360. The number of nitrogens with zero attached hydrogens (tertiary/aromatic N) is 6. The molecule has 0 aromatic carbocycles. The van der Waals surface area contributed by atoms with Gasteiger partial charge >= 0.3 is 5.97 Å². The maximum atomic E-state index is 13.4. The van der Waals surface area contributed by atoms with Crippen LogP contribution < -0.4 is 22.3 Å². The van der Waals surface area contributed by atoms with Gasteiger partial charge < -0.3 is 31.2 Å². The number of thioether (sulfide) groups is 2. The number of β-lactam (4-membered cyclic amide) rings is 1. The number of hydrazine groups is 1. The van der Waals surface area contributed by atoms with E-state index in [9.17, 15) is 34.5 Å². The summed E-state index contributed by atoms with van der Waals surface area (Å²) in [7, 11) is 0. The molecular weight excluding hydrogens is 665 g/mol. The van der Waals surface area contributed by atoms with Gasteiger partial charge in [0.05, 0.1) is 25.1 Å². The summed E-state index contributed by atoms with van der Waals surface area (Å²) in [5.74, 6) is 2.02. The average molecular weight is 693 g/mol. The maximum absolute atomic E-state index is 13.4. The number of carbonyl (C=O) groups is 4. The van der Waals surface area contributed by atoms with Gasteiger partial charge in [-0.3, -0.25) is 24.7 Å². The molecule has 1 saturated heterocycles. The monoisotopic (exact) mass is 692 g/mol. The lowest BCUT2D eigenvalue weighted by Gasteiger charge is -2.49. The molecule has 0 spiro atoms. The molecule has 0 aliphatic carbocycles. The third kappa shape index (κ3) is 6.24. The number of nitrogen functional groups attached to an aromatic ring is 1. The number of hydrogen-bond acceptors (Lipinski definition) is 16. The lowest BCUT2D eigenvalue weighted by molar-refractivity contribution is -0.150. The highest BCUT2D eigenvalue weighted by molar-refractivity contribution is 8.01. The molecule has 21 heteroatoms. The smallest absolute Gasteiger partial charge is 0.352 e. The van der Waals surface area contributed by atoms with Crippen molar-refractivity contribution in [3.8, 4) is 0 Å². The summed E-state index contributed by atoms with van der Waals surface area (Å²) in [5, 5.41) is 41.4. The molecule has 1 unspecified atom stereocenters. The number of thiazole rings is 1.